The molecule has 3 nitrogen and oxygen atoms in total. The van der Waals surface area contributed by atoms with Gasteiger partial charge in [-0.25, -0.2) is 15.0 Å². The molecule has 8 rings (SSSR count). The summed E-state index contributed by atoms with van der Waals surface area (Å²) in [4.78, 5) is 14.7. The van der Waals surface area contributed by atoms with Crippen LogP contribution >= 0.6 is 0 Å². The summed E-state index contributed by atoms with van der Waals surface area (Å²) in [5, 5.41) is 2.52. The molecule has 0 N–H and O–H groups in total. The van der Waals surface area contributed by atoms with Crippen LogP contribution in [0.4, 0.5) is 0 Å². The Balaban J connectivity index is 1.19. The lowest BCUT2D eigenvalue weighted by atomic mass is 9.63. The van der Waals surface area contributed by atoms with Gasteiger partial charge in [0.15, 0.2) is 17.5 Å². The first-order valence-corrected chi connectivity index (χ1v) is 16.9. The Morgan fingerprint density at radius 1 is 0.375 bits per heavy atom. The van der Waals surface area contributed by atoms with E-state index in [4.69, 9.17) is 15.0 Å². The average molecular weight is 622 g/mol. The Hall–Kier alpha value is -5.41. The van der Waals surface area contributed by atoms with Gasteiger partial charge in [-0.2, -0.15) is 0 Å². The lowest BCUT2D eigenvalue weighted by Crippen LogP contribution is -2.33. The van der Waals surface area contributed by atoms with Crippen LogP contribution in [0.3, 0.4) is 0 Å². The number of hydrogen-bond acceptors (Lipinski definition) is 3. The van der Waals surface area contributed by atoms with Crippen LogP contribution in [0.1, 0.15) is 51.7 Å². The monoisotopic (exact) mass is 621 g/mol. The molecule has 48 heavy (non-hydrogen) atoms. The quantitative estimate of drug-likeness (QED) is 0.192. The zero-order chi connectivity index (χ0) is 32.9. The molecule has 0 radical (unpaired) electrons. The van der Waals surface area contributed by atoms with Crippen molar-refractivity contribution in [2.45, 2.75) is 51.4 Å². The Morgan fingerprint density at radius 3 is 1.29 bits per heavy atom. The predicted octanol–water partition coefficient (Wildman–Crippen LogP) is 11.7. The van der Waals surface area contributed by atoms with Crippen molar-refractivity contribution >= 4 is 10.8 Å². The van der Waals surface area contributed by atoms with Gasteiger partial charge in [0.05, 0.1) is 0 Å². The molecule has 6 aromatic carbocycles. The maximum absolute atomic E-state index is 4.92. The van der Waals surface area contributed by atoms with Crippen molar-refractivity contribution in [3.8, 4) is 56.4 Å². The molecule has 234 valence electrons. The van der Waals surface area contributed by atoms with Gasteiger partial charge in [-0.15, -0.1) is 0 Å². The van der Waals surface area contributed by atoms with Gasteiger partial charge >= 0.3 is 0 Å². The first-order chi connectivity index (χ1) is 23.3. The molecule has 7 aromatic rings. The van der Waals surface area contributed by atoms with Crippen LogP contribution in [-0.4, -0.2) is 15.0 Å². The normalized spacial score (nSPS) is 14.8. The number of fused-ring (bicyclic) bond motifs is 2. The van der Waals surface area contributed by atoms with E-state index >= 15 is 0 Å². The number of hydrogen-bond donors (Lipinski definition) is 0. The second-order valence-corrected chi connectivity index (χ2v) is 14.4. The van der Waals surface area contributed by atoms with Crippen LogP contribution in [0.5, 0.6) is 0 Å². The average Bonchev–Trinajstić information content (AvgIpc) is 3.13. The van der Waals surface area contributed by atoms with E-state index in [9.17, 15) is 0 Å². The van der Waals surface area contributed by atoms with Gasteiger partial charge in [-0.05, 0) is 67.8 Å². The largest absolute Gasteiger partial charge is 0.208 e. The lowest BCUT2D eigenvalue weighted by Gasteiger charge is -2.42. The van der Waals surface area contributed by atoms with Crippen LogP contribution in [0, 0.1) is 0 Å². The molecule has 0 spiro atoms. The van der Waals surface area contributed by atoms with Crippen molar-refractivity contribution in [3.63, 3.8) is 0 Å². The van der Waals surface area contributed by atoms with Crippen molar-refractivity contribution in [2.75, 3.05) is 0 Å². The maximum atomic E-state index is 4.92. The third-order valence-electron chi connectivity index (χ3n) is 10.2. The molecule has 0 atom stereocenters. The smallest absolute Gasteiger partial charge is 0.164 e. The van der Waals surface area contributed by atoms with E-state index in [1.807, 2.05) is 60.7 Å². The summed E-state index contributed by atoms with van der Waals surface area (Å²) in [6.45, 7) is 9.58. The fourth-order valence-corrected chi connectivity index (χ4v) is 7.30. The van der Waals surface area contributed by atoms with Gasteiger partial charge in [0, 0.05) is 16.7 Å². The van der Waals surface area contributed by atoms with Crippen LogP contribution in [0.25, 0.3) is 67.2 Å². The maximum Gasteiger partial charge on any atom is 0.164 e. The summed E-state index contributed by atoms with van der Waals surface area (Å²) in [7, 11) is 0. The van der Waals surface area contributed by atoms with Crippen LogP contribution in [-0.2, 0) is 10.8 Å². The fraction of sp³-hybridized carbons (Fsp3) is 0.178. The third-order valence-corrected chi connectivity index (χ3v) is 10.2. The zero-order valence-electron chi connectivity index (χ0n) is 28.0. The minimum absolute atomic E-state index is 0.167. The summed E-state index contributed by atoms with van der Waals surface area (Å²) in [5.74, 6) is 1.99. The molecular weight excluding hydrogens is 583 g/mol. The van der Waals surface area contributed by atoms with Crippen LogP contribution in [0.2, 0.25) is 0 Å². The Bertz CT molecular complexity index is 2210. The van der Waals surface area contributed by atoms with Gasteiger partial charge < -0.3 is 0 Å². The Morgan fingerprint density at radius 2 is 0.771 bits per heavy atom. The van der Waals surface area contributed by atoms with E-state index in [2.05, 4.69) is 107 Å². The lowest BCUT2D eigenvalue weighted by molar-refractivity contribution is 0.332. The molecule has 0 fully saturated rings. The summed E-state index contributed by atoms with van der Waals surface area (Å²) in [5.41, 5.74) is 11.2. The minimum atomic E-state index is 0.167. The highest BCUT2D eigenvalue weighted by atomic mass is 15.0. The highest BCUT2D eigenvalue weighted by Gasteiger charge is 2.37. The highest BCUT2D eigenvalue weighted by Crippen LogP contribution is 2.47. The Labute approximate surface area is 283 Å². The molecule has 1 heterocycles. The molecule has 0 saturated heterocycles. The van der Waals surface area contributed by atoms with Gasteiger partial charge in [-0.3, -0.25) is 0 Å². The molecule has 0 amide bonds. The van der Waals surface area contributed by atoms with Gasteiger partial charge in [-0.1, -0.05) is 167 Å². The van der Waals surface area contributed by atoms with Gasteiger partial charge in [0.1, 0.15) is 0 Å². The van der Waals surface area contributed by atoms with Gasteiger partial charge in [0.2, 0.25) is 0 Å². The van der Waals surface area contributed by atoms with E-state index in [1.54, 1.807) is 0 Å². The topological polar surface area (TPSA) is 38.7 Å². The number of nitrogens with zero attached hydrogens (tertiary/aromatic N) is 3. The standard InChI is InChI=1S/C45H39N3/c1-44(2)27-28-45(3,4)40-29-34(23-26-39(40)44)36-25-24-35(37-17-11-12-18-38(36)37)30-19-21-33(22-20-30)43-47-41(31-13-7-5-8-14-31)46-42(48-43)32-15-9-6-10-16-32/h5-26,29H,27-28H2,1-4H3. The molecule has 1 aliphatic carbocycles. The minimum Gasteiger partial charge on any atom is -0.208 e. The van der Waals surface area contributed by atoms with E-state index < -0.39 is 0 Å². The number of rotatable bonds is 5. The second kappa shape index (κ2) is 11.7. The molecule has 1 aromatic heterocycles. The molecular formula is C45H39N3. The second-order valence-electron chi connectivity index (χ2n) is 14.4. The van der Waals surface area contributed by atoms with E-state index in [0.29, 0.717) is 17.5 Å². The summed E-state index contributed by atoms with van der Waals surface area (Å²) in [6, 6.07) is 49.4. The van der Waals surface area contributed by atoms with E-state index in [0.717, 1.165) is 22.3 Å². The number of aromatic nitrogens is 3. The molecule has 0 aliphatic heterocycles. The molecule has 0 bridgehead atoms. The number of benzene rings is 6. The predicted molar refractivity (Wildman–Crippen MR) is 200 cm³/mol. The SMILES string of the molecule is CC1(C)CCC(C)(C)c2cc(-c3ccc(-c4ccc(-c5nc(-c6ccccc6)nc(-c6ccccc6)n5)cc4)c4ccccc34)ccc21. The van der Waals surface area contributed by atoms with Crippen molar-refractivity contribution in [2.24, 2.45) is 0 Å². The fourth-order valence-electron chi connectivity index (χ4n) is 7.30. The summed E-state index contributed by atoms with van der Waals surface area (Å²) < 4.78 is 0. The third kappa shape index (κ3) is 5.40. The highest BCUT2D eigenvalue weighted by molar-refractivity contribution is 6.05. The first kappa shape index (κ1) is 30.0. The van der Waals surface area contributed by atoms with Crippen molar-refractivity contribution in [3.05, 3.63) is 151 Å². The van der Waals surface area contributed by atoms with Crippen LogP contribution in [0.15, 0.2) is 140 Å². The van der Waals surface area contributed by atoms with Crippen LogP contribution < -0.4 is 0 Å². The summed E-state index contributed by atoms with van der Waals surface area (Å²) in [6.07, 6.45) is 2.43. The van der Waals surface area contributed by atoms with Crippen molar-refractivity contribution in [1.82, 2.24) is 15.0 Å². The molecule has 0 saturated carbocycles. The van der Waals surface area contributed by atoms with Gasteiger partial charge in [0.25, 0.3) is 0 Å². The Kier molecular flexibility index (Phi) is 7.29. The first-order valence-electron chi connectivity index (χ1n) is 16.9. The van der Waals surface area contributed by atoms with E-state index in [1.165, 1.54) is 51.4 Å². The van der Waals surface area contributed by atoms with E-state index in [-0.39, 0.29) is 10.8 Å². The molecule has 0 unspecified atom stereocenters. The molecule has 3 heteroatoms. The molecule has 1 aliphatic rings. The van der Waals surface area contributed by atoms with Crippen molar-refractivity contribution < 1.29 is 0 Å². The summed E-state index contributed by atoms with van der Waals surface area (Å²) >= 11 is 0. The van der Waals surface area contributed by atoms with Crippen molar-refractivity contribution in [1.29, 1.82) is 0 Å². The zero-order valence-corrected chi connectivity index (χ0v) is 28.0.